The molecule has 10 nitrogen and oxygen atoms in total. The predicted octanol–water partition coefficient (Wildman–Crippen LogP) is 5.23. The van der Waals surface area contributed by atoms with Crippen LogP contribution in [0, 0.1) is 0 Å². The zero-order valence-electron chi connectivity index (χ0n) is 28.2. The number of thioether (sulfide) groups is 1. The molecule has 2 fully saturated rings. The topological polar surface area (TPSA) is 113 Å². The Hall–Kier alpha value is -5.23. The van der Waals surface area contributed by atoms with Gasteiger partial charge in [0.1, 0.15) is 21.5 Å². The molecule has 0 bridgehead atoms. The molecule has 3 aliphatic heterocycles. The number of nitrogens with zero attached hydrogens (tertiary/aromatic N) is 2. The van der Waals surface area contributed by atoms with E-state index in [1.165, 1.54) is 11.8 Å². The number of carbonyl (C=O) groups excluding carboxylic acids is 2. The molecule has 3 heterocycles. The molecule has 1 saturated heterocycles. The minimum Gasteiger partial charge on any atom is -0.344 e. The first-order valence-electron chi connectivity index (χ1n) is 17.7. The Kier molecular flexibility index (Phi) is 9.65. The Morgan fingerprint density at radius 3 is 1.35 bits per heavy atom. The SMILES string of the molecule is O=C(N[C@@H](Cc1ccccc1)c1ccccc1)C1=C2SC3=C(C(=O)N[C@@H](Cc4ccccc4)c4ccccc4)NNN3C3CCCCC3N2NN1. The average molecular weight is 699 g/mol. The summed E-state index contributed by atoms with van der Waals surface area (Å²) in [6.07, 6.45) is 5.35. The highest BCUT2D eigenvalue weighted by molar-refractivity contribution is 8.06. The van der Waals surface area contributed by atoms with E-state index in [1.54, 1.807) is 0 Å². The predicted molar refractivity (Wildman–Crippen MR) is 199 cm³/mol. The van der Waals surface area contributed by atoms with E-state index in [1.807, 2.05) is 72.8 Å². The Morgan fingerprint density at radius 2 is 0.961 bits per heavy atom. The molecule has 2 amide bonds. The molecule has 4 aliphatic rings. The number of nitrogens with one attached hydrogen (secondary N) is 6. The fourth-order valence-corrected chi connectivity index (χ4v) is 8.71. The lowest BCUT2D eigenvalue weighted by molar-refractivity contribution is -0.119. The fourth-order valence-electron chi connectivity index (χ4n) is 7.48. The first kappa shape index (κ1) is 32.9. The molecular formula is C40H42N8O2S. The summed E-state index contributed by atoms with van der Waals surface area (Å²) < 4.78 is 0. The molecule has 0 radical (unpaired) electrons. The van der Waals surface area contributed by atoms with Crippen LogP contribution < -0.4 is 32.6 Å². The van der Waals surface area contributed by atoms with Crippen LogP contribution in [0.25, 0.3) is 0 Å². The van der Waals surface area contributed by atoms with Crippen LogP contribution in [-0.2, 0) is 22.4 Å². The van der Waals surface area contributed by atoms with Gasteiger partial charge in [-0.1, -0.05) is 134 Å². The molecule has 260 valence electrons. The van der Waals surface area contributed by atoms with Crippen LogP contribution in [0.2, 0.25) is 0 Å². The highest BCUT2D eigenvalue weighted by Crippen LogP contribution is 2.45. The van der Waals surface area contributed by atoms with Crippen molar-refractivity contribution in [2.24, 2.45) is 0 Å². The summed E-state index contributed by atoms with van der Waals surface area (Å²) in [6.45, 7) is 0. The average Bonchev–Trinajstić information content (AvgIpc) is 3.77. The molecule has 2 unspecified atom stereocenters. The molecule has 1 saturated carbocycles. The second-order valence-electron chi connectivity index (χ2n) is 13.3. The van der Waals surface area contributed by atoms with Crippen molar-refractivity contribution in [2.45, 2.75) is 62.7 Å². The molecule has 0 spiro atoms. The molecule has 8 rings (SSSR count). The minimum atomic E-state index is -0.241. The van der Waals surface area contributed by atoms with Gasteiger partial charge < -0.3 is 10.6 Å². The van der Waals surface area contributed by atoms with Gasteiger partial charge in [-0.15, -0.1) is 11.1 Å². The van der Waals surface area contributed by atoms with Crippen LogP contribution in [0.15, 0.2) is 143 Å². The van der Waals surface area contributed by atoms with E-state index in [0.717, 1.165) is 58.0 Å². The van der Waals surface area contributed by atoms with Crippen LogP contribution >= 0.6 is 11.8 Å². The van der Waals surface area contributed by atoms with E-state index < -0.39 is 0 Å². The third kappa shape index (κ3) is 7.05. The van der Waals surface area contributed by atoms with E-state index >= 15 is 0 Å². The first-order chi connectivity index (χ1) is 25.1. The Bertz CT molecular complexity index is 1770. The van der Waals surface area contributed by atoms with Crippen molar-refractivity contribution in [3.8, 4) is 0 Å². The lowest BCUT2D eigenvalue weighted by atomic mass is 9.89. The first-order valence-corrected chi connectivity index (χ1v) is 18.5. The largest absolute Gasteiger partial charge is 0.344 e. The molecule has 0 aromatic heterocycles. The monoisotopic (exact) mass is 698 g/mol. The summed E-state index contributed by atoms with van der Waals surface area (Å²) in [7, 11) is 0. The minimum absolute atomic E-state index is 0.0673. The maximum atomic E-state index is 14.3. The Balaban J connectivity index is 1.11. The van der Waals surface area contributed by atoms with Crippen LogP contribution in [0.1, 0.15) is 60.0 Å². The highest BCUT2D eigenvalue weighted by Gasteiger charge is 2.47. The van der Waals surface area contributed by atoms with Gasteiger partial charge >= 0.3 is 0 Å². The van der Waals surface area contributed by atoms with Gasteiger partial charge in [0.05, 0.1) is 24.2 Å². The smallest absolute Gasteiger partial charge is 0.272 e. The van der Waals surface area contributed by atoms with Crippen molar-refractivity contribution >= 4 is 23.6 Å². The molecule has 11 heteroatoms. The number of hydrogen-bond donors (Lipinski definition) is 6. The van der Waals surface area contributed by atoms with Crippen molar-refractivity contribution in [1.82, 2.24) is 42.6 Å². The number of rotatable bonds is 10. The number of benzene rings is 4. The maximum Gasteiger partial charge on any atom is 0.272 e. The number of carbonyl (C=O) groups is 2. The fraction of sp³-hybridized carbons (Fsp3) is 0.250. The van der Waals surface area contributed by atoms with Crippen molar-refractivity contribution in [2.75, 3.05) is 0 Å². The van der Waals surface area contributed by atoms with Crippen LogP contribution in [0.4, 0.5) is 0 Å². The molecule has 6 N–H and O–H groups in total. The summed E-state index contributed by atoms with van der Waals surface area (Å²) in [5, 5.41) is 12.3. The van der Waals surface area contributed by atoms with Crippen molar-refractivity contribution in [1.29, 1.82) is 0 Å². The van der Waals surface area contributed by atoms with Gasteiger partial charge in [0.2, 0.25) is 0 Å². The van der Waals surface area contributed by atoms with E-state index in [2.05, 4.69) is 91.1 Å². The quantitative estimate of drug-likeness (QED) is 0.133. The van der Waals surface area contributed by atoms with Crippen molar-refractivity contribution in [3.05, 3.63) is 165 Å². The molecular weight excluding hydrogens is 657 g/mol. The van der Waals surface area contributed by atoms with Gasteiger partial charge in [0.15, 0.2) is 0 Å². The summed E-state index contributed by atoms with van der Waals surface area (Å²) in [6, 6.07) is 40.2. The summed E-state index contributed by atoms with van der Waals surface area (Å²) in [4.78, 5) is 28.6. The summed E-state index contributed by atoms with van der Waals surface area (Å²) in [5.41, 5.74) is 18.3. The summed E-state index contributed by atoms with van der Waals surface area (Å²) in [5.74, 6) is -0.425. The molecule has 4 aromatic rings. The lowest BCUT2D eigenvalue weighted by Crippen LogP contribution is -2.57. The second kappa shape index (κ2) is 14.9. The normalized spacial score (nSPS) is 20.6. The van der Waals surface area contributed by atoms with Gasteiger partial charge in [0, 0.05) is 0 Å². The van der Waals surface area contributed by atoms with Gasteiger partial charge in [-0.3, -0.25) is 30.5 Å². The zero-order valence-corrected chi connectivity index (χ0v) is 29.0. The van der Waals surface area contributed by atoms with Crippen LogP contribution in [0.5, 0.6) is 0 Å². The maximum absolute atomic E-state index is 14.3. The van der Waals surface area contributed by atoms with Crippen LogP contribution in [-0.4, -0.2) is 33.9 Å². The molecule has 51 heavy (non-hydrogen) atoms. The van der Waals surface area contributed by atoms with Crippen LogP contribution in [0.3, 0.4) is 0 Å². The van der Waals surface area contributed by atoms with Crippen molar-refractivity contribution in [3.63, 3.8) is 0 Å². The number of hydrogen-bond acceptors (Lipinski definition) is 9. The van der Waals surface area contributed by atoms with E-state index in [4.69, 9.17) is 0 Å². The standard InChI is InChI=1S/C40H42N8O2S/c49-37(41-31(29-19-9-3-10-20-29)25-27-15-5-1-6-16-27)35-39-47(45-43-35)33-23-13-14-24-34(33)48-40(51-39)36(44-46-48)38(50)42-32(30-21-11-4-12-22-30)26-28-17-7-2-8-18-28/h1-12,15-22,31-34,43-46H,13-14,23-26H2,(H,41,49)(H,42,50)/t31-,32-,33?,34?/m0/s1. The third-order valence-corrected chi connectivity index (χ3v) is 11.2. The van der Waals surface area contributed by atoms with Gasteiger partial charge in [0.25, 0.3) is 11.8 Å². The van der Waals surface area contributed by atoms with E-state index in [0.29, 0.717) is 24.2 Å². The Morgan fingerprint density at radius 1 is 0.588 bits per heavy atom. The third-order valence-electron chi connectivity index (χ3n) is 10.1. The van der Waals surface area contributed by atoms with Gasteiger partial charge in [-0.2, -0.15) is 0 Å². The van der Waals surface area contributed by atoms with E-state index in [-0.39, 0.29) is 36.0 Å². The second-order valence-corrected chi connectivity index (χ2v) is 14.3. The van der Waals surface area contributed by atoms with E-state index in [9.17, 15) is 9.59 Å². The number of hydrazine groups is 4. The molecule has 4 atom stereocenters. The zero-order chi connectivity index (χ0) is 34.6. The molecule has 4 aromatic carbocycles. The highest BCUT2D eigenvalue weighted by atomic mass is 32.2. The van der Waals surface area contributed by atoms with Gasteiger partial charge in [-0.25, -0.2) is 0 Å². The summed E-state index contributed by atoms with van der Waals surface area (Å²) >= 11 is 1.43. The van der Waals surface area contributed by atoms with Gasteiger partial charge in [-0.05, 0) is 59.7 Å². The number of fused-ring (bicyclic) bond motifs is 5. The molecule has 1 aliphatic carbocycles. The Labute approximate surface area is 302 Å². The lowest BCUT2D eigenvalue weighted by Gasteiger charge is -2.40. The number of amides is 2. The van der Waals surface area contributed by atoms with Crippen molar-refractivity contribution < 1.29 is 9.59 Å².